The fourth-order valence-corrected chi connectivity index (χ4v) is 6.54. The summed E-state index contributed by atoms with van der Waals surface area (Å²) in [5.74, 6) is 1.46. The molecule has 0 spiro atoms. The average Bonchev–Trinajstić information content (AvgIpc) is 3.32. The third-order valence-electron chi connectivity index (χ3n) is 6.69. The molecule has 0 atom stereocenters. The fraction of sp³-hybridized carbons (Fsp3) is 0.720. The molecular formula is C25H38N4O2S2. The van der Waals surface area contributed by atoms with Crippen molar-refractivity contribution in [3.05, 3.63) is 26.7 Å². The van der Waals surface area contributed by atoms with Gasteiger partial charge in [-0.3, -0.25) is 4.79 Å². The fourth-order valence-electron chi connectivity index (χ4n) is 4.79. The van der Waals surface area contributed by atoms with Gasteiger partial charge in [-0.25, -0.2) is 9.97 Å². The summed E-state index contributed by atoms with van der Waals surface area (Å²) in [6, 6.07) is 0.343. The molecule has 1 aliphatic heterocycles. The number of aromatic nitrogens is 2. The number of aryl methyl sites for hydroxylation is 1. The topological polar surface area (TPSA) is 67.4 Å². The minimum absolute atomic E-state index is 0.144. The lowest BCUT2D eigenvalue weighted by Gasteiger charge is -2.30. The molecule has 1 N–H and O–H groups in total. The summed E-state index contributed by atoms with van der Waals surface area (Å²) in [6.45, 7) is 10.5. The Hall–Kier alpha value is -1.51. The first kappa shape index (κ1) is 24.6. The molecule has 0 saturated heterocycles. The van der Waals surface area contributed by atoms with Crippen molar-refractivity contribution in [2.24, 2.45) is 11.8 Å². The van der Waals surface area contributed by atoms with Gasteiger partial charge >= 0.3 is 0 Å². The molecule has 1 aliphatic carbocycles. The minimum atomic E-state index is 0.144. The molecule has 0 radical (unpaired) electrons. The van der Waals surface area contributed by atoms with Crippen LogP contribution in [0.3, 0.4) is 0 Å². The monoisotopic (exact) mass is 490 g/mol. The lowest BCUT2D eigenvalue weighted by molar-refractivity contribution is -0.121. The number of carbonyl (C=O) groups excluding carboxylic acids is 1. The Bertz CT molecular complexity index is 877. The molecule has 2 aromatic rings. The smallest absolute Gasteiger partial charge is 0.273 e. The normalized spacial score (nSPS) is 21.6. The van der Waals surface area contributed by atoms with Gasteiger partial charge in [0, 0.05) is 41.5 Å². The Morgan fingerprint density at radius 3 is 2.73 bits per heavy atom. The number of thiazole rings is 2. The summed E-state index contributed by atoms with van der Waals surface area (Å²) >= 11 is 3.36. The van der Waals surface area contributed by atoms with Gasteiger partial charge < -0.3 is 15.0 Å². The lowest BCUT2D eigenvalue weighted by Crippen LogP contribution is -2.38. The van der Waals surface area contributed by atoms with Crippen molar-refractivity contribution < 1.29 is 9.53 Å². The Morgan fingerprint density at radius 1 is 1.21 bits per heavy atom. The molecule has 8 heteroatoms. The van der Waals surface area contributed by atoms with Crippen LogP contribution in [0, 0.1) is 18.8 Å². The molecule has 4 rings (SSSR count). The van der Waals surface area contributed by atoms with Crippen LogP contribution in [-0.2, 0) is 24.1 Å². The Kier molecular flexibility index (Phi) is 8.77. The SMILES string of the molecule is Cc1ncc(CC(=O)NC2CCC(CCN3CCc4nc(OCC(C)C)sc4CC3)CC2)s1. The summed E-state index contributed by atoms with van der Waals surface area (Å²) < 4.78 is 5.84. The molecule has 182 valence electrons. The standard InChI is InChI=1S/C25H38N4O2S2/c1-17(2)16-31-25-28-22-9-12-29(13-10-23(22)33-25)11-8-19-4-6-20(7-5-19)27-24(30)14-21-15-26-18(3)32-21/h15,17,19-20H,4-14,16H2,1-3H3,(H,27,30). The second-order valence-corrected chi connectivity index (χ2v) is 12.4. The molecule has 2 aromatic heterocycles. The van der Waals surface area contributed by atoms with Crippen LogP contribution in [0.2, 0.25) is 0 Å². The second-order valence-electron chi connectivity index (χ2n) is 9.99. The van der Waals surface area contributed by atoms with Gasteiger partial charge in [-0.05, 0) is 63.8 Å². The van der Waals surface area contributed by atoms with Gasteiger partial charge in [0.05, 0.1) is 23.7 Å². The van der Waals surface area contributed by atoms with E-state index in [1.54, 1.807) is 22.7 Å². The van der Waals surface area contributed by atoms with Crippen LogP contribution in [0.4, 0.5) is 0 Å². The number of rotatable bonds is 9. The van der Waals surface area contributed by atoms with Crippen LogP contribution >= 0.6 is 22.7 Å². The minimum Gasteiger partial charge on any atom is -0.470 e. The van der Waals surface area contributed by atoms with Crippen LogP contribution in [0.15, 0.2) is 6.20 Å². The molecular weight excluding hydrogens is 452 g/mol. The predicted octanol–water partition coefficient (Wildman–Crippen LogP) is 4.65. The van der Waals surface area contributed by atoms with E-state index in [0.29, 0.717) is 18.4 Å². The van der Waals surface area contributed by atoms with Crippen molar-refractivity contribution in [3.63, 3.8) is 0 Å². The number of fused-ring (bicyclic) bond motifs is 1. The number of hydrogen-bond acceptors (Lipinski definition) is 7. The number of nitrogens with zero attached hydrogens (tertiary/aromatic N) is 3. The van der Waals surface area contributed by atoms with E-state index >= 15 is 0 Å². The third-order valence-corrected chi connectivity index (χ3v) is 8.67. The van der Waals surface area contributed by atoms with E-state index in [9.17, 15) is 4.79 Å². The summed E-state index contributed by atoms with van der Waals surface area (Å²) in [5, 5.41) is 5.13. The van der Waals surface area contributed by atoms with Gasteiger partial charge in [0.1, 0.15) is 0 Å². The number of hydrogen-bond donors (Lipinski definition) is 1. The lowest BCUT2D eigenvalue weighted by atomic mass is 9.84. The van der Waals surface area contributed by atoms with E-state index in [-0.39, 0.29) is 5.91 Å². The molecule has 0 unspecified atom stereocenters. The highest BCUT2D eigenvalue weighted by molar-refractivity contribution is 7.13. The summed E-state index contributed by atoms with van der Waals surface area (Å²) in [4.78, 5) is 26.4. The van der Waals surface area contributed by atoms with Crippen molar-refractivity contribution in [1.82, 2.24) is 20.2 Å². The zero-order valence-electron chi connectivity index (χ0n) is 20.3. The van der Waals surface area contributed by atoms with Gasteiger partial charge in [-0.1, -0.05) is 25.2 Å². The van der Waals surface area contributed by atoms with E-state index in [1.807, 2.05) is 13.1 Å². The van der Waals surface area contributed by atoms with Crippen LogP contribution in [-0.4, -0.2) is 53.1 Å². The Labute approximate surface area is 206 Å². The maximum atomic E-state index is 12.3. The van der Waals surface area contributed by atoms with Gasteiger partial charge in [0.15, 0.2) is 0 Å². The highest BCUT2D eigenvalue weighted by Crippen LogP contribution is 2.30. The summed E-state index contributed by atoms with van der Waals surface area (Å²) in [5.41, 5.74) is 1.26. The second kappa shape index (κ2) is 11.8. The van der Waals surface area contributed by atoms with E-state index < -0.39 is 0 Å². The zero-order valence-corrected chi connectivity index (χ0v) is 21.9. The van der Waals surface area contributed by atoms with E-state index in [0.717, 1.165) is 66.4 Å². The maximum absolute atomic E-state index is 12.3. The van der Waals surface area contributed by atoms with Crippen LogP contribution in [0.25, 0.3) is 0 Å². The quantitative estimate of drug-likeness (QED) is 0.554. The van der Waals surface area contributed by atoms with E-state index in [1.165, 1.54) is 36.4 Å². The average molecular weight is 491 g/mol. The highest BCUT2D eigenvalue weighted by atomic mass is 32.1. The Morgan fingerprint density at radius 2 is 2.00 bits per heavy atom. The molecule has 1 saturated carbocycles. The van der Waals surface area contributed by atoms with Crippen molar-refractivity contribution in [3.8, 4) is 5.19 Å². The molecule has 0 aromatic carbocycles. The largest absolute Gasteiger partial charge is 0.470 e. The summed E-state index contributed by atoms with van der Waals surface area (Å²) in [7, 11) is 0. The van der Waals surface area contributed by atoms with Crippen LogP contribution in [0.5, 0.6) is 5.19 Å². The first-order valence-electron chi connectivity index (χ1n) is 12.5. The third kappa shape index (κ3) is 7.49. The summed E-state index contributed by atoms with van der Waals surface area (Å²) in [6.07, 6.45) is 10.4. The number of ether oxygens (including phenoxy) is 1. The molecule has 3 heterocycles. The number of carbonyl (C=O) groups is 1. The molecule has 6 nitrogen and oxygen atoms in total. The van der Waals surface area contributed by atoms with Crippen molar-refractivity contribution in [1.29, 1.82) is 0 Å². The first-order chi connectivity index (χ1) is 15.9. The van der Waals surface area contributed by atoms with E-state index in [4.69, 9.17) is 9.72 Å². The van der Waals surface area contributed by atoms with Crippen molar-refractivity contribution in [2.45, 2.75) is 78.2 Å². The van der Waals surface area contributed by atoms with Gasteiger partial charge in [0.25, 0.3) is 5.19 Å². The van der Waals surface area contributed by atoms with E-state index in [2.05, 4.69) is 29.0 Å². The first-order valence-corrected chi connectivity index (χ1v) is 14.1. The predicted molar refractivity (Wildman–Crippen MR) is 135 cm³/mol. The van der Waals surface area contributed by atoms with Gasteiger partial charge in [-0.2, -0.15) is 0 Å². The molecule has 2 aliphatic rings. The van der Waals surface area contributed by atoms with Crippen LogP contribution < -0.4 is 10.1 Å². The number of amides is 1. The van der Waals surface area contributed by atoms with Crippen molar-refractivity contribution >= 4 is 28.6 Å². The molecule has 0 bridgehead atoms. The number of nitrogens with one attached hydrogen (secondary N) is 1. The zero-order chi connectivity index (χ0) is 23.2. The maximum Gasteiger partial charge on any atom is 0.273 e. The molecule has 1 fully saturated rings. The van der Waals surface area contributed by atoms with Gasteiger partial charge in [-0.15, -0.1) is 11.3 Å². The Balaban J connectivity index is 1.13. The molecule has 33 heavy (non-hydrogen) atoms. The van der Waals surface area contributed by atoms with Gasteiger partial charge in [0.2, 0.25) is 5.91 Å². The van der Waals surface area contributed by atoms with Crippen molar-refractivity contribution in [2.75, 3.05) is 26.2 Å². The highest BCUT2D eigenvalue weighted by Gasteiger charge is 2.24. The van der Waals surface area contributed by atoms with Crippen LogP contribution in [0.1, 0.15) is 66.4 Å². The molecule has 1 amide bonds.